The lowest BCUT2D eigenvalue weighted by atomic mass is 9.79. The van der Waals surface area contributed by atoms with Crippen LogP contribution in [-0.2, 0) is 5.41 Å². The Hall–Kier alpha value is -1.43. The largest absolute Gasteiger partial charge is 0.139 e. The fraction of sp³-hybridized carbons (Fsp3) is 0.200. The maximum absolute atomic E-state index is 2.34. The lowest BCUT2D eigenvalue weighted by molar-refractivity contribution is 0.661. The minimum Gasteiger partial charge on any atom is -0.0886 e. The van der Waals surface area contributed by atoms with E-state index in [4.69, 9.17) is 0 Å². The summed E-state index contributed by atoms with van der Waals surface area (Å²) in [4.78, 5) is 0. The van der Waals surface area contributed by atoms with Crippen molar-refractivity contribution >= 4 is 26.6 Å². The summed E-state index contributed by atoms with van der Waals surface area (Å²) < 4.78 is 0. The minimum atomic E-state index is 0.142. The Morgan fingerprint density at radius 3 is 1.59 bits per heavy atom. The third kappa shape index (κ3) is 1.40. The lowest BCUT2D eigenvalue weighted by Gasteiger charge is -2.22. The van der Waals surface area contributed by atoms with Gasteiger partial charge in [0.15, 0.2) is 0 Å². The Balaban J connectivity index is 2.37. The molecule has 82 valence electrons. The highest BCUT2D eigenvalue weighted by atomic mass is 14.4. The highest BCUT2D eigenvalue weighted by Gasteiger charge is 2.34. The molecule has 0 unspecified atom stereocenters. The maximum Gasteiger partial charge on any atom is 0.139 e. The van der Waals surface area contributed by atoms with Crippen molar-refractivity contribution in [1.82, 2.24) is 0 Å². The summed E-state index contributed by atoms with van der Waals surface area (Å²) >= 11 is 0. The number of benzene rings is 2. The quantitative estimate of drug-likeness (QED) is 0.565. The van der Waals surface area contributed by atoms with Crippen molar-refractivity contribution < 1.29 is 0 Å². The minimum absolute atomic E-state index is 0.142. The topological polar surface area (TPSA) is 0 Å². The smallest absolute Gasteiger partial charge is 0.0886 e. The second-order valence-corrected chi connectivity index (χ2v) is 5.72. The molecule has 1 aliphatic carbocycles. The first-order valence-electron chi connectivity index (χ1n) is 6.23. The maximum atomic E-state index is 2.34. The van der Waals surface area contributed by atoms with Gasteiger partial charge in [-0.15, -0.1) is 0 Å². The highest BCUT2D eigenvalue weighted by Crippen LogP contribution is 2.47. The molecule has 0 aromatic heterocycles. The summed E-state index contributed by atoms with van der Waals surface area (Å²) in [7, 11) is 4.34. The van der Waals surface area contributed by atoms with E-state index in [0.29, 0.717) is 0 Å². The molecule has 1 aliphatic rings. The van der Waals surface area contributed by atoms with Crippen LogP contribution < -0.4 is 10.9 Å². The second-order valence-electron chi connectivity index (χ2n) is 5.72. The van der Waals surface area contributed by atoms with Gasteiger partial charge in [0.25, 0.3) is 0 Å². The fourth-order valence-electron chi connectivity index (χ4n) is 2.97. The Labute approximate surface area is 105 Å². The molecule has 0 saturated carbocycles. The molecule has 0 heterocycles. The van der Waals surface area contributed by atoms with E-state index >= 15 is 0 Å². The zero-order chi connectivity index (χ0) is 12.2. The summed E-state index contributed by atoms with van der Waals surface area (Å²) in [5, 5.41) is 0. The average molecular weight is 218 g/mol. The predicted molar refractivity (Wildman–Crippen MR) is 80.4 cm³/mol. The van der Waals surface area contributed by atoms with Gasteiger partial charge in [-0.2, -0.15) is 0 Å². The Morgan fingerprint density at radius 2 is 1.18 bits per heavy atom. The number of rotatable bonds is 0. The van der Waals surface area contributed by atoms with Crippen molar-refractivity contribution in [2.24, 2.45) is 0 Å². The van der Waals surface area contributed by atoms with E-state index in [2.05, 4.69) is 65.9 Å². The average Bonchev–Trinajstić information content (AvgIpc) is 2.49. The van der Waals surface area contributed by atoms with E-state index < -0.39 is 0 Å². The molecule has 0 nitrogen and oxygen atoms in total. The molecule has 2 heteroatoms. The van der Waals surface area contributed by atoms with E-state index in [1.807, 2.05) is 0 Å². The predicted octanol–water partition coefficient (Wildman–Crippen LogP) is 0.510. The fourth-order valence-corrected chi connectivity index (χ4v) is 2.97. The molecule has 0 radical (unpaired) electrons. The van der Waals surface area contributed by atoms with E-state index in [-0.39, 0.29) is 5.41 Å². The molecule has 2 aromatic rings. The van der Waals surface area contributed by atoms with E-state index in [9.17, 15) is 0 Å². The van der Waals surface area contributed by atoms with Crippen molar-refractivity contribution in [3.8, 4) is 11.1 Å². The van der Waals surface area contributed by atoms with Gasteiger partial charge in [0, 0.05) is 5.41 Å². The SMILES string of the molecule is Bc1ccc2c(c1)C(C)(C)c1cc(B)ccc1-2. The van der Waals surface area contributed by atoms with Gasteiger partial charge in [-0.3, -0.25) is 0 Å². The van der Waals surface area contributed by atoms with Gasteiger partial charge in [0.1, 0.15) is 15.7 Å². The monoisotopic (exact) mass is 218 g/mol. The third-order valence-electron chi connectivity index (χ3n) is 3.99. The lowest BCUT2D eigenvalue weighted by Crippen LogP contribution is -2.19. The zero-order valence-electron chi connectivity index (χ0n) is 11.0. The van der Waals surface area contributed by atoms with Gasteiger partial charge in [0.2, 0.25) is 0 Å². The van der Waals surface area contributed by atoms with Crippen LogP contribution in [-0.4, -0.2) is 15.7 Å². The summed E-state index contributed by atoms with van der Waals surface area (Å²) in [5.41, 5.74) is 8.60. The molecule has 0 atom stereocenters. The molecule has 0 saturated heterocycles. The molecule has 3 rings (SSSR count). The molecule has 17 heavy (non-hydrogen) atoms. The van der Waals surface area contributed by atoms with Gasteiger partial charge >= 0.3 is 0 Å². The van der Waals surface area contributed by atoms with Crippen molar-refractivity contribution in [2.75, 3.05) is 0 Å². The van der Waals surface area contributed by atoms with Crippen molar-refractivity contribution in [2.45, 2.75) is 19.3 Å². The van der Waals surface area contributed by atoms with Crippen LogP contribution in [0.5, 0.6) is 0 Å². The number of fused-ring (bicyclic) bond motifs is 3. The molecule has 2 aromatic carbocycles. The van der Waals surface area contributed by atoms with Crippen LogP contribution in [0.2, 0.25) is 0 Å². The van der Waals surface area contributed by atoms with Crippen LogP contribution in [0.4, 0.5) is 0 Å². The van der Waals surface area contributed by atoms with Crippen molar-refractivity contribution in [3.63, 3.8) is 0 Å². The van der Waals surface area contributed by atoms with Crippen LogP contribution in [0.3, 0.4) is 0 Å². The van der Waals surface area contributed by atoms with Crippen molar-refractivity contribution in [1.29, 1.82) is 0 Å². The van der Waals surface area contributed by atoms with Gasteiger partial charge in [-0.1, -0.05) is 61.2 Å². The molecular formula is C15H16B2. The van der Waals surface area contributed by atoms with E-state index in [1.54, 1.807) is 0 Å². The third-order valence-corrected chi connectivity index (χ3v) is 3.99. The molecule has 0 fully saturated rings. The van der Waals surface area contributed by atoms with Crippen LogP contribution in [0.15, 0.2) is 36.4 Å². The van der Waals surface area contributed by atoms with E-state index in [1.165, 1.54) is 33.2 Å². The Bertz CT molecular complexity index is 559. The first-order chi connectivity index (χ1) is 8.00. The first-order valence-corrected chi connectivity index (χ1v) is 6.23. The van der Waals surface area contributed by atoms with Crippen molar-refractivity contribution in [3.05, 3.63) is 47.5 Å². The summed E-state index contributed by atoms with van der Waals surface area (Å²) in [6, 6.07) is 13.6. The molecule has 0 aliphatic heterocycles. The van der Waals surface area contributed by atoms with Gasteiger partial charge in [0.05, 0.1) is 0 Å². The van der Waals surface area contributed by atoms with Crippen LogP contribution in [0, 0.1) is 0 Å². The Morgan fingerprint density at radius 1 is 0.765 bits per heavy atom. The summed E-state index contributed by atoms with van der Waals surface area (Å²) in [5.74, 6) is 0. The number of hydrogen-bond donors (Lipinski definition) is 0. The standard InChI is InChI=1S/C15H16B2/c1-15(2)13-7-9(16)3-5-11(13)12-6-4-10(17)8-14(12)15/h3-8H,16-17H2,1-2H3. The Kier molecular flexibility index (Phi) is 2.07. The molecule has 0 spiro atoms. The molecule has 0 N–H and O–H groups in total. The van der Waals surface area contributed by atoms with Gasteiger partial charge in [-0.25, -0.2) is 0 Å². The summed E-state index contributed by atoms with van der Waals surface area (Å²) in [6.07, 6.45) is 0. The molecular weight excluding hydrogens is 202 g/mol. The number of hydrogen-bond acceptors (Lipinski definition) is 0. The van der Waals surface area contributed by atoms with E-state index in [0.717, 1.165) is 0 Å². The molecule has 0 amide bonds. The normalized spacial score (nSPS) is 15.4. The molecule has 0 bridgehead atoms. The first kappa shape index (κ1) is 10.7. The van der Waals surface area contributed by atoms with Gasteiger partial charge in [-0.05, 0) is 22.3 Å². The highest BCUT2D eigenvalue weighted by molar-refractivity contribution is 6.33. The summed E-state index contributed by atoms with van der Waals surface area (Å²) in [6.45, 7) is 4.66. The van der Waals surface area contributed by atoms with Crippen LogP contribution in [0.1, 0.15) is 25.0 Å². The second kappa shape index (κ2) is 3.29. The van der Waals surface area contributed by atoms with Crippen LogP contribution >= 0.6 is 0 Å². The van der Waals surface area contributed by atoms with Crippen LogP contribution in [0.25, 0.3) is 11.1 Å². The van der Waals surface area contributed by atoms with Gasteiger partial charge < -0.3 is 0 Å². The zero-order valence-corrected chi connectivity index (χ0v) is 11.0.